The topological polar surface area (TPSA) is 148 Å². The molecule has 2 aromatic heterocycles. The van der Waals surface area contributed by atoms with E-state index in [1.54, 1.807) is 12.1 Å². The average molecular weight is 406 g/mol. The monoisotopic (exact) mass is 405 g/mol. The highest BCUT2D eigenvalue weighted by molar-refractivity contribution is 8.00. The van der Waals surface area contributed by atoms with Crippen molar-refractivity contribution in [3.63, 3.8) is 0 Å². The van der Waals surface area contributed by atoms with Crippen LogP contribution in [0.15, 0.2) is 38.0 Å². The Morgan fingerprint density at radius 2 is 1.89 bits per heavy atom. The smallest absolute Gasteiger partial charge is 0.321 e. The summed E-state index contributed by atoms with van der Waals surface area (Å²) in [5.41, 5.74) is 5.42. The predicted molar refractivity (Wildman–Crippen MR) is 94.2 cm³/mol. The zero-order valence-corrected chi connectivity index (χ0v) is 15.3. The van der Waals surface area contributed by atoms with Gasteiger partial charge in [-0.15, -0.1) is 22.0 Å². The van der Waals surface area contributed by atoms with Gasteiger partial charge in [-0.1, -0.05) is 33.9 Å². The van der Waals surface area contributed by atoms with Crippen LogP contribution >= 0.6 is 23.4 Å². The Hall–Kier alpha value is -3.10. The molecule has 0 fully saturated rings. The van der Waals surface area contributed by atoms with Crippen LogP contribution in [0.5, 0.6) is 0 Å². The van der Waals surface area contributed by atoms with Gasteiger partial charge in [-0.25, -0.2) is 0 Å². The zero-order chi connectivity index (χ0) is 19.2. The number of rotatable bonds is 7. The summed E-state index contributed by atoms with van der Waals surface area (Å²) in [4.78, 5) is 14.9. The van der Waals surface area contributed by atoms with Crippen molar-refractivity contribution in [3.05, 3.63) is 47.0 Å². The molecule has 10 nitrogen and oxygen atoms in total. The first-order chi connectivity index (χ1) is 13.0. The first-order valence-electron chi connectivity index (χ1n) is 7.50. The Balaban J connectivity index is 1.72. The number of carbonyl (C=O) groups is 1. The second-order valence-electron chi connectivity index (χ2n) is 5.12. The minimum absolute atomic E-state index is 0.00359. The summed E-state index contributed by atoms with van der Waals surface area (Å²) in [5, 5.41) is 23.9. The van der Waals surface area contributed by atoms with Crippen LogP contribution in [-0.4, -0.2) is 37.0 Å². The number of nitriles is 1. The Morgan fingerprint density at radius 1 is 1.19 bits per heavy atom. The molecule has 2 heterocycles. The maximum absolute atomic E-state index is 12.7. The zero-order valence-electron chi connectivity index (χ0n) is 13.7. The van der Waals surface area contributed by atoms with Crippen LogP contribution in [0.2, 0.25) is 5.02 Å². The largest absolute Gasteiger partial charge is 0.411 e. The van der Waals surface area contributed by atoms with Crippen LogP contribution in [0, 0.1) is 11.3 Å². The molecule has 3 aromatic rings. The van der Waals surface area contributed by atoms with Crippen LogP contribution in [0.4, 0.5) is 6.01 Å². The molecule has 0 aliphatic rings. The molecule has 27 heavy (non-hydrogen) atoms. The van der Waals surface area contributed by atoms with E-state index in [0.29, 0.717) is 5.02 Å². The Morgan fingerprint density at radius 3 is 2.52 bits per heavy atom. The highest BCUT2D eigenvalue weighted by Crippen LogP contribution is 2.27. The lowest BCUT2D eigenvalue weighted by molar-refractivity contribution is -0.130. The number of nitrogens with two attached hydrogens (primary N) is 1. The van der Waals surface area contributed by atoms with Gasteiger partial charge in [-0.05, 0) is 12.1 Å². The number of nitrogen functional groups attached to an aromatic ring is 1. The molecule has 1 amide bonds. The molecule has 12 heteroatoms. The van der Waals surface area contributed by atoms with Gasteiger partial charge in [-0.2, -0.15) is 5.26 Å². The van der Waals surface area contributed by atoms with E-state index in [2.05, 4.69) is 20.4 Å². The van der Waals surface area contributed by atoms with E-state index in [9.17, 15) is 4.79 Å². The molecule has 0 radical (unpaired) electrons. The number of anilines is 1. The lowest BCUT2D eigenvalue weighted by Gasteiger charge is -2.19. The summed E-state index contributed by atoms with van der Waals surface area (Å²) in [6.45, 7) is -0.0325. The first-order valence-corrected chi connectivity index (χ1v) is 8.87. The van der Waals surface area contributed by atoms with Gasteiger partial charge < -0.3 is 19.5 Å². The Bertz CT molecular complexity index is 984. The number of carbonyl (C=O) groups excluding carboxylic acids is 1. The van der Waals surface area contributed by atoms with Crippen molar-refractivity contribution in [1.29, 1.82) is 5.26 Å². The van der Waals surface area contributed by atoms with Crippen molar-refractivity contribution in [2.24, 2.45) is 0 Å². The Kier molecular flexibility index (Phi) is 5.90. The van der Waals surface area contributed by atoms with Gasteiger partial charge in [0.05, 0.1) is 23.9 Å². The van der Waals surface area contributed by atoms with Crippen LogP contribution in [0.1, 0.15) is 17.7 Å². The predicted octanol–water partition coefficient (Wildman–Crippen LogP) is 1.88. The molecule has 0 spiro atoms. The summed E-state index contributed by atoms with van der Waals surface area (Å²) >= 11 is 7.40. The minimum Gasteiger partial charge on any atom is -0.411 e. The number of halogens is 1. The summed E-state index contributed by atoms with van der Waals surface area (Å²) in [5.74, 6) is -0.0795. The number of aromatic nitrogens is 4. The molecule has 0 aliphatic heterocycles. The summed E-state index contributed by atoms with van der Waals surface area (Å²) in [6, 6.07) is 8.84. The van der Waals surface area contributed by atoms with Gasteiger partial charge >= 0.3 is 11.9 Å². The van der Waals surface area contributed by atoms with E-state index < -0.39 is 0 Å². The standard InChI is InChI=1S/C15H12ClN7O3S/c16-9-3-1-2-4-10(9)27-8-14(24)23(7-13-21-22-15(18)26-13)6-12-20-19-11(5-17)25-12/h1-4H,6-8H2,(H2,18,22). The van der Waals surface area contributed by atoms with Gasteiger partial charge in [0.15, 0.2) is 6.07 Å². The molecule has 0 saturated heterocycles. The van der Waals surface area contributed by atoms with Gasteiger partial charge in [0.2, 0.25) is 17.7 Å². The van der Waals surface area contributed by atoms with E-state index >= 15 is 0 Å². The maximum Gasteiger partial charge on any atom is 0.321 e. The van der Waals surface area contributed by atoms with Gasteiger partial charge in [0.25, 0.3) is 0 Å². The van der Waals surface area contributed by atoms with Crippen LogP contribution < -0.4 is 5.73 Å². The molecule has 138 valence electrons. The molecule has 2 N–H and O–H groups in total. The fourth-order valence-electron chi connectivity index (χ4n) is 2.04. The molecule has 1 aromatic carbocycles. The number of hydrogen-bond acceptors (Lipinski definition) is 10. The minimum atomic E-state index is -0.256. The summed E-state index contributed by atoms with van der Waals surface area (Å²) in [6.07, 6.45) is 0. The van der Waals surface area contributed by atoms with E-state index in [0.717, 1.165) is 4.90 Å². The highest BCUT2D eigenvalue weighted by atomic mass is 35.5. The molecule has 0 aliphatic carbocycles. The van der Waals surface area contributed by atoms with Gasteiger partial charge in [-0.3, -0.25) is 4.79 Å². The SMILES string of the molecule is N#Cc1nnc(CN(Cc2nnc(N)o2)C(=O)CSc2ccccc2Cl)o1. The van der Waals surface area contributed by atoms with Crippen molar-refractivity contribution < 1.29 is 13.6 Å². The van der Waals surface area contributed by atoms with E-state index in [4.69, 9.17) is 31.4 Å². The number of hydrogen-bond donors (Lipinski definition) is 1. The summed E-state index contributed by atoms with van der Waals surface area (Å²) in [7, 11) is 0. The van der Waals surface area contributed by atoms with Crippen LogP contribution in [-0.2, 0) is 17.9 Å². The normalized spacial score (nSPS) is 10.5. The molecular weight excluding hydrogens is 394 g/mol. The highest BCUT2D eigenvalue weighted by Gasteiger charge is 2.21. The fraction of sp³-hybridized carbons (Fsp3) is 0.200. The Labute approximate surface area is 162 Å². The van der Waals surface area contributed by atoms with Crippen molar-refractivity contribution >= 4 is 35.3 Å². The fourth-order valence-corrected chi connectivity index (χ4v) is 3.19. The van der Waals surface area contributed by atoms with Gasteiger partial charge in [0.1, 0.15) is 0 Å². The first kappa shape index (κ1) is 18.7. The number of amides is 1. The number of nitrogens with zero attached hydrogens (tertiary/aromatic N) is 6. The van der Waals surface area contributed by atoms with Crippen LogP contribution in [0.25, 0.3) is 0 Å². The lowest BCUT2D eigenvalue weighted by Crippen LogP contribution is -2.31. The number of thioether (sulfide) groups is 1. The van der Waals surface area contributed by atoms with Crippen molar-refractivity contribution in [1.82, 2.24) is 25.3 Å². The van der Waals surface area contributed by atoms with Gasteiger partial charge in [0, 0.05) is 4.90 Å². The van der Waals surface area contributed by atoms with E-state index in [1.807, 2.05) is 18.2 Å². The molecule has 0 unspecified atom stereocenters. The average Bonchev–Trinajstić information content (AvgIpc) is 3.29. The van der Waals surface area contributed by atoms with Crippen LogP contribution in [0.3, 0.4) is 0 Å². The molecular formula is C15H12ClN7O3S. The third-order valence-electron chi connectivity index (χ3n) is 3.24. The van der Waals surface area contributed by atoms with Crippen molar-refractivity contribution in [3.8, 4) is 6.07 Å². The molecule has 0 saturated carbocycles. The third-order valence-corrected chi connectivity index (χ3v) is 4.74. The second kappa shape index (κ2) is 8.52. The molecule has 0 bridgehead atoms. The third kappa shape index (κ3) is 4.96. The van der Waals surface area contributed by atoms with E-state index in [1.165, 1.54) is 16.7 Å². The quantitative estimate of drug-likeness (QED) is 0.577. The molecule has 0 atom stereocenters. The lowest BCUT2D eigenvalue weighted by atomic mass is 10.4. The number of benzene rings is 1. The maximum atomic E-state index is 12.7. The summed E-state index contributed by atoms with van der Waals surface area (Å²) < 4.78 is 10.3. The second-order valence-corrected chi connectivity index (χ2v) is 6.54. The van der Waals surface area contributed by atoms with E-state index in [-0.39, 0.29) is 48.4 Å². The molecule has 3 rings (SSSR count). The van der Waals surface area contributed by atoms with Crippen molar-refractivity contribution in [2.75, 3.05) is 11.5 Å². The van der Waals surface area contributed by atoms with Crippen molar-refractivity contribution in [2.45, 2.75) is 18.0 Å².